The first-order chi connectivity index (χ1) is 16.9. The van der Waals surface area contributed by atoms with Gasteiger partial charge in [0.1, 0.15) is 30.4 Å². The van der Waals surface area contributed by atoms with Crippen molar-refractivity contribution in [1.29, 1.82) is 0 Å². The lowest BCUT2D eigenvalue weighted by Crippen LogP contribution is -2.29. The second-order valence-corrected chi connectivity index (χ2v) is 9.48. The summed E-state index contributed by atoms with van der Waals surface area (Å²) in [5.41, 5.74) is 4.97. The van der Waals surface area contributed by atoms with Gasteiger partial charge in [0.05, 0.1) is 17.0 Å². The van der Waals surface area contributed by atoms with Crippen LogP contribution in [-0.4, -0.2) is 52.7 Å². The summed E-state index contributed by atoms with van der Waals surface area (Å²) in [5, 5.41) is 17.0. The van der Waals surface area contributed by atoms with Crippen molar-refractivity contribution in [2.75, 3.05) is 20.2 Å². The lowest BCUT2D eigenvalue weighted by atomic mass is 9.83. The number of nitrogens with zero attached hydrogens (tertiary/aromatic N) is 3. The minimum Gasteiger partial charge on any atom is -0.491 e. The van der Waals surface area contributed by atoms with E-state index in [4.69, 9.17) is 19.2 Å². The van der Waals surface area contributed by atoms with Crippen molar-refractivity contribution in [2.24, 2.45) is 5.92 Å². The number of nitrogens with one attached hydrogen (secondary N) is 1. The van der Waals surface area contributed by atoms with Gasteiger partial charge < -0.3 is 19.7 Å². The Hall–Kier alpha value is -2.84. The summed E-state index contributed by atoms with van der Waals surface area (Å²) >= 11 is 0. The first-order valence-electron chi connectivity index (χ1n) is 12.4. The van der Waals surface area contributed by atoms with Crippen LogP contribution in [0.4, 0.5) is 4.39 Å². The molecular weight excluding hydrogens is 447 g/mol. The van der Waals surface area contributed by atoms with Gasteiger partial charge in [-0.1, -0.05) is 30.1 Å². The average Bonchev–Trinajstić information content (AvgIpc) is 3.18. The molecular formula is C27H35FN4O3. The van der Waals surface area contributed by atoms with Crippen molar-refractivity contribution in [2.45, 2.75) is 65.2 Å². The van der Waals surface area contributed by atoms with E-state index >= 15 is 0 Å². The number of rotatable bonds is 9. The highest BCUT2D eigenvalue weighted by Crippen LogP contribution is 2.35. The van der Waals surface area contributed by atoms with Crippen molar-refractivity contribution in [3.8, 4) is 28.4 Å². The van der Waals surface area contributed by atoms with Crippen molar-refractivity contribution in [1.82, 2.24) is 20.4 Å². The zero-order valence-electron chi connectivity index (χ0n) is 21.0. The van der Waals surface area contributed by atoms with Crippen LogP contribution in [0.3, 0.4) is 0 Å². The fourth-order valence-electron chi connectivity index (χ4n) is 4.81. The smallest absolute Gasteiger partial charge is 0.160 e. The lowest BCUT2D eigenvalue weighted by Gasteiger charge is -2.26. The van der Waals surface area contributed by atoms with Crippen molar-refractivity contribution in [3.63, 3.8) is 0 Å². The van der Waals surface area contributed by atoms with Crippen molar-refractivity contribution < 1.29 is 18.8 Å². The number of alkyl halides is 1. The molecule has 4 rings (SSSR count). The third-order valence-corrected chi connectivity index (χ3v) is 6.76. The van der Waals surface area contributed by atoms with E-state index in [1.165, 1.54) is 0 Å². The lowest BCUT2D eigenvalue weighted by molar-refractivity contribution is 0.108. The number of aliphatic hydroxyl groups is 1. The van der Waals surface area contributed by atoms with Gasteiger partial charge in [0.2, 0.25) is 0 Å². The summed E-state index contributed by atoms with van der Waals surface area (Å²) in [6.07, 6.45) is 2.66. The molecule has 8 heteroatoms. The Morgan fingerprint density at radius 3 is 2.71 bits per heavy atom. The Morgan fingerprint density at radius 1 is 1.20 bits per heavy atom. The maximum atomic E-state index is 14.7. The van der Waals surface area contributed by atoms with Crippen LogP contribution in [0.15, 0.2) is 28.8 Å². The SMILES string of the molecule is CNCC(O)COc1cccc(-c2nc(C[C@H]3CCCC[C@@H]3F)c(C)c(-c3c(C)noc3C)n2)c1. The van der Waals surface area contributed by atoms with E-state index in [9.17, 15) is 9.50 Å². The second-order valence-electron chi connectivity index (χ2n) is 9.48. The minimum absolute atomic E-state index is 0.0361. The molecule has 0 spiro atoms. The molecule has 0 saturated heterocycles. The number of ether oxygens (including phenoxy) is 1. The molecule has 3 atom stereocenters. The Kier molecular flexibility index (Phi) is 8.13. The first kappa shape index (κ1) is 25.3. The molecule has 0 amide bonds. The van der Waals surface area contributed by atoms with E-state index < -0.39 is 12.3 Å². The summed E-state index contributed by atoms with van der Waals surface area (Å²) in [4.78, 5) is 9.85. The van der Waals surface area contributed by atoms with Crippen LogP contribution in [-0.2, 0) is 6.42 Å². The predicted octanol–water partition coefficient (Wildman–Crippen LogP) is 4.75. The van der Waals surface area contributed by atoms with Crippen LogP contribution >= 0.6 is 0 Å². The maximum Gasteiger partial charge on any atom is 0.160 e. The Bertz CT molecular complexity index is 1130. The van der Waals surface area contributed by atoms with E-state index in [1.54, 1.807) is 7.05 Å². The molecule has 2 aromatic heterocycles. The summed E-state index contributed by atoms with van der Waals surface area (Å²) in [7, 11) is 1.78. The molecule has 0 aliphatic heterocycles. The molecule has 1 fully saturated rings. The van der Waals surface area contributed by atoms with Crippen LogP contribution in [0.1, 0.15) is 48.4 Å². The first-order valence-corrected chi connectivity index (χ1v) is 12.4. The number of hydrogen-bond acceptors (Lipinski definition) is 7. The number of benzene rings is 1. The molecule has 2 N–H and O–H groups in total. The molecule has 1 saturated carbocycles. The Morgan fingerprint density at radius 2 is 2.00 bits per heavy atom. The quantitative estimate of drug-likeness (QED) is 0.454. The van der Waals surface area contributed by atoms with Gasteiger partial charge in [-0.2, -0.15) is 0 Å². The third-order valence-electron chi connectivity index (χ3n) is 6.76. The Labute approximate surface area is 206 Å². The number of aromatic nitrogens is 3. The predicted molar refractivity (Wildman–Crippen MR) is 133 cm³/mol. The van der Waals surface area contributed by atoms with Gasteiger partial charge in [0, 0.05) is 17.8 Å². The van der Waals surface area contributed by atoms with Gasteiger partial charge in [-0.3, -0.25) is 0 Å². The minimum atomic E-state index is -0.801. The molecule has 7 nitrogen and oxygen atoms in total. The maximum absolute atomic E-state index is 14.7. The van der Waals surface area contributed by atoms with Gasteiger partial charge in [0.25, 0.3) is 0 Å². The van der Waals surface area contributed by atoms with Gasteiger partial charge >= 0.3 is 0 Å². The van der Waals surface area contributed by atoms with Gasteiger partial charge in [-0.15, -0.1) is 0 Å². The number of hydrogen-bond donors (Lipinski definition) is 2. The molecule has 1 aliphatic rings. The Balaban J connectivity index is 1.73. The van der Waals surface area contributed by atoms with Crippen molar-refractivity contribution >= 4 is 0 Å². The molecule has 1 unspecified atom stereocenters. The zero-order valence-corrected chi connectivity index (χ0v) is 21.0. The van der Waals surface area contributed by atoms with Gasteiger partial charge in [0.15, 0.2) is 5.82 Å². The van der Waals surface area contributed by atoms with E-state index in [0.717, 1.165) is 53.0 Å². The van der Waals surface area contributed by atoms with Crippen LogP contribution in [0.5, 0.6) is 5.75 Å². The molecule has 1 aromatic carbocycles. The van der Waals surface area contributed by atoms with E-state index in [1.807, 2.05) is 45.0 Å². The summed E-state index contributed by atoms with van der Waals surface area (Å²) in [5.74, 6) is 1.83. The van der Waals surface area contributed by atoms with E-state index in [-0.39, 0.29) is 12.5 Å². The fraction of sp³-hybridized carbons (Fsp3) is 0.519. The number of aryl methyl sites for hydroxylation is 2. The summed E-state index contributed by atoms with van der Waals surface area (Å²) in [6, 6.07) is 7.53. The highest BCUT2D eigenvalue weighted by molar-refractivity contribution is 5.71. The molecule has 2 heterocycles. The third kappa shape index (κ3) is 5.87. The zero-order chi connectivity index (χ0) is 24.9. The van der Waals surface area contributed by atoms with E-state index in [2.05, 4.69) is 10.5 Å². The van der Waals surface area contributed by atoms with Crippen LogP contribution in [0.25, 0.3) is 22.6 Å². The monoisotopic (exact) mass is 482 g/mol. The largest absolute Gasteiger partial charge is 0.491 e. The van der Waals surface area contributed by atoms with Gasteiger partial charge in [-0.25, -0.2) is 14.4 Å². The molecule has 35 heavy (non-hydrogen) atoms. The van der Waals surface area contributed by atoms with Crippen LogP contribution < -0.4 is 10.1 Å². The molecule has 188 valence electrons. The number of likely N-dealkylation sites (N-methyl/N-ethyl adjacent to an activating group) is 1. The molecule has 0 radical (unpaired) electrons. The average molecular weight is 483 g/mol. The highest BCUT2D eigenvalue weighted by Gasteiger charge is 2.28. The standard InChI is InChI=1S/C27H35FN4O3/c1-16-24(13-19-8-5-6-11-23(19)28)30-27(31-26(16)25-17(2)32-35-18(25)3)20-9-7-10-22(12-20)34-15-21(33)14-29-4/h7,9-10,12,19,21,23,29,33H,5-6,8,11,13-15H2,1-4H3/t19-,21?,23+/m1/s1. The van der Waals surface area contributed by atoms with Gasteiger partial charge in [-0.05, 0) is 70.7 Å². The second kappa shape index (κ2) is 11.3. The summed E-state index contributed by atoms with van der Waals surface area (Å²) < 4.78 is 26.0. The van der Waals surface area contributed by atoms with Crippen LogP contribution in [0.2, 0.25) is 0 Å². The fourth-order valence-corrected chi connectivity index (χ4v) is 4.81. The highest BCUT2D eigenvalue weighted by atomic mass is 19.1. The topological polar surface area (TPSA) is 93.3 Å². The number of aliphatic hydroxyl groups excluding tert-OH is 1. The normalized spacial score (nSPS) is 19.0. The molecule has 1 aliphatic carbocycles. The van der Waals surface area contributed by atoms with Crippen LogP contribution in [0, 0.1) is 26.7 Å². The van der Waals surface area contributed by atoms with Crippen molar-refractivity contribution in [3.05, 3.63) is 47.0 Å². The summed E-state index contributed by atoms with van der Waals surface area (Å²) in [6.45, 7) is 6.39. The van der Waals surface area contributed by atoms with E-state index in [0.29, 0.717) is 36.7 Å². The number of halogens is 1. The molecule has 0 bridgehead atoms. The molecule has 3 aromatic rings.